The van der Waals surface area contributed by atoms with Gasteiger partial charge in [0.2, 0.25) is 5.75 Å². The molecule has 0 heterocycles. The van der Waals surface area contributed by atoms with Crippen LogP contribution >= 0.6 is 0 Å². The third-order valence-corrected chi connectivity index (χ3v) is 7.12. The maximum atomic E-state index is 15.2. The maximum Gasteiger partial charge on any atom is 0.573 e. The highest BCUT2D eigenvalue weighted by Gasteiger charge is 2.34. The van der Waals surface area contributed by atoms with Crippen LogP contribution in [0.4, 0.5) is 26.3 Å². The molecule has 0 aliphatic heterocycles. The Labute approximate surface area is 206 Å². The van der Waals surface area contributed by atoms with Crippen LogP contribution < -0.4 is 4.74 Å². The fourth-order valence-corrected chi connectivity index (χ4v) is 5.07. The molecule has 36 heavy (non-hydrogen) atoms. The summed E-state index contributed by atoms with van der Waals surface area (Å²) in [7, 11) is 0. The van der Waals surface area contributed by atoms with Crippen LogP contribution in [0.2, 0.25) is 0 Å². The van der Waals surface area contributed by atoms with E-state index < -0.39 is 29.6 Å². The summed E-state index contributed by atoms with van der Waals surface area (Å²) in [4.78, 5) is 0. The lowest BCUT2D eigenvalue weighted by atomic mass is 9.79. The maximum absolute atomic E-state index is 15.2. The molecular formula is C29H28F6O. The minimum Gasteiger partial charge on any atom is -0.399 e. The zero-order valence-electron chi connectivity index (χ0n) is 19.8. The average Bonchev–Trinajstić information content (AvgIpc) is 2.84. The van der Waals surface area contributed by atoms with Gasteiger partial charge < -0.3 is 4.74 Å². The lowest BCUT2D eigenvalue weighted by Crippen LogP contribution is -2.19. The number of rotatable bonds is 8. The van der Waals surface area contributed by atoms with E-state index in [1.165, 1.54) is 25.7 Å². The Morgan fingerprint density at radius 1 is 0.833 bits per heavy atom. The molecule has 1 aliphatic carbocycles. The second kappa shape index (κ2) is 11.0. The summed E-state index contributed by atoms with van der Waals surface area (Å²) < 4.78 is 83.5. The van der Waals surface area contributed by atoms with Crippen LogP contribution in [0.3, 0.4) is 0 Å². The van der Waals surface area contributed by atoms with Gasteiger partial charge in [-0.2, -0.15) is 0 Å². The molecule has 0 saturated heterocycles. The highest BCUT2D eigenvalue weighted by atomic mass is 19.4. The van der Waals surface area contributed by atoms with Gasteiger partial charge in [0.1, 0.15) is 5.82 Å². The Morgan fingerprint density at radius 2 is 1.53 bits per heavy atom. The van der Waals surface area contributed by atoms with Crippen LogP contribution in [0.15, 0.2) is 55.1 Å². The van der Waals surface area contributed by atoms with Crippen molar-refractivity contribution in [1.29, 1.82) is 0 Å². The third-order valence-electron chi connectivity index (χ3n) is 7.12. The largest absolute Gasteiger partial charge is 0.573 e. The molecule has 3 aromatic rings. The predicted molar refractivity (Wildman–Crippen MR) is 128 cm³/mol. The third kappa shape index (κ3) is 6.42. The van der Waals surface area contributed by atoms with Crippen molar-refractivity contribution in [3.05, 3.63) is 89.3 Å². The van der Waals surface area contributed by atoms with Gasteiger partial charge in [0, 0.05) is 5.39 Å². The lowest BCUT2D eigenvalue weighted by Gasteiger charge is -2.26. The van der Waals surface area contributed by atoms with Crippen molar-refractivity contribution in [1.82, 2.24) is 0 Å². The topological polar surface area (TPSA) is 9.23 Å². The van der Waals surface area contributed by atoms with Crippen molar-refractivity contribution < 1.29 is 31.1 Å². The van der Waals surface area contributed by atoms with Crippen molar-refractivity contribution in [2.24, 2.45) is 11.8 Å². The number of ether oxygens (including phenoxy) is 1. The Bertz CT molecular complexity index is 1200. The van der Waals surface area contributed by atoms with E-state index in [0.717, 1.165) is 35.9 Å². The number of benzene rings is 3. The Balaban J connectivity index is 1.40. The van der Waals surface area contributed by atoms with E-state index >= 15 is 4.39 Å². The van der Waals surface area contributed by atoms with Crippen molar-refractivity contribution in [2.45, 2.75) is 57.7 Å². The van der Waals surface area contributed by atoms with Gasteiger partial charge in [0.25, 0.3) is 0 Å². The van der Waals surface area contributed by atoms with Crippen molar-refractivity contribution in [2.75, 3.05) is 0 Å². The van der Waals surface area contributed by atoms with Gasteiger partial charge in [-0.15, -0.1) is 19.8 Å². The number of aryl methyl sites for hydroxylation is 3. The van der Waals surface area contributed by atoms with Gasteiger partial charge in [-0.3, -0.25) is 0 Å². The van der Waals surface area contributed by atoms with Crippen molar-refractivity contribution in [3.63, 3.8) is 0 Å². The first-order valence-corrected chi connectivity index (χ1v) is 12.2. The summed E-state index contributed by atoms with van der Waals surface area (Å²) in [6, 6.07) is 10.7. The van der Waals surface area contributed by atoms with Crippen LogP contribution in [-0.4, -0.2) is 6.36 Å². The zero-order chi connectivity index (χ0) is 25.9. The molecule has 0 atom stereocenters. The van der Waals surface area contributed by atoms with Crippen LogP contribution in [0, 0.1) is 29.3 Å². The highest BCUT2D eigenvalue weighted by molar-refractivity contribution is 5.84. The fraction of sp³-hybridized carbons (Fsp3) is 0.379. The molecule has 3 aromatic carbocycles. The van der Waals surface area contributed by atoms with E-state index in [-0.39, 0.29) is 18.4 Å². The molecule has 192 valence electrons. The highest BCUT2D eigenvalue weighted by Crippen LogP contribution is 2.33. The van der Waals surface area contributed by atoms with Crippen LogP contribution in [0.5, 0.6) is 5.75 Å². The van der Waals surface area contributed by atoms with E-state index in [1.807, 2.05) is 18.2 Å². The SMILES string of the molecule is C=CC1CCC(CCc2ccc3c(F)c(CCc4cc(F)c(OC(F)(F)F)c(F)c4)ccc3c2)CC1. The quantitative estimate of drug-likeness (QED) is 0.219. The van der Waals surface area contributed by atoms with E-state index in [4.69, 9.17) is 0 Å². The molecular weight excluding hydrogens is 478 g/mol. The Morgan fingerprint density at radius 3 is 2.17 bits per heavy atom. The van der Waals surface area contributed by atoms with Gasteiger partial charge in [0.15, 0.2) is 11.6 Å². The standard InChI is InChI=1S/C29H28F6O/c1-2-18-3-5-19(6-4-18)7-8-20-10-14-24-23(15-20)13-12-22(27(24)32)11-9-21-16-25(30)28(26(31)17-21)36-29(33,34)35/h2,10,12-19H,1,3-9,11H2. The fourth-order valence-electron chi connectivity index (χ4n) is 5.07. The number of alkyl halides is 3. The molecule has 1 fully saturated rings. The molecule has 0 bridgehead atoms. The lowest BCUT2D eigenvalue weighted by molar-refractivity contribution is -0.276. The van der Waals surface area contributed by atoms with Crippen molar-refractivity contribution >= 4 is 10.8 Å². The monoisotopic (exact) mass is 506 g/mol. The van der Waals surface area contributed by atoms with Gasteiger partial charge in [0.05, 0.1) is 0 Å². The molecule has 1 aliphatic rings. The second-order valence-electron chi connectivity index (χ2n) is 9.59. The molecule has 0 N–H and O–H groups in total. The van der Waals surface area contributed by atoms with E-state index in [9.17, 15) is 22.0 Å². The van der Waals surface area contributed by atoms with E-state index in [0.29, 0.717) is 22.8 Å². The molecule has 0 radical (unpaired) electrons. The minimum atomic E-state index is -5.21. The van der Waals surface area contributed by atoms with Crippen molar-refractivity contribution in [3.8, 4) is 5.75 Å². The summed E-state index contributed by atoms with van der Waals surface area (Å²) in [6.45, 7) is 3.89. The van der Waals surface area contributed by atoms with E-state index in [1.54, 1.807) is 12.1 Å². The molecule has 1 nitrogen and oxygen atoms in total. The van der Waals surface area contributed by atoms with E-state index in [2.05, 4.69) is 17.4 Å². The first kappa shape index (κ1) is 26.1. The van der Waals surface area contributed by atoms with Gasteiger partial charge in [-0.25, -0.2) is 13.2 Å². The average molecular weight is 507 g/mol. The predicted octanol–water partition coefficient (Wildman–Crippen LogP) is 8.87. The number of hydrogen-bond donors (Lipinski definition) is 0. The molecule has 4 rings (SSSR count). The number of allylic oxidation sites excluding steroid dienone is 1. The summed E-state index contributed by atoms with van der Waals surface area (Å²) in [6.07, 6.45) is 3.91. The van der Waals surface area contributed by atoms with Gasteiger partial charge in [-0.05, 0) is 97.4 Å². The minimum absolute atomic E-state index is 0.0503. The number of fused-ring (bicyclic) bond motifs is 1. The molecule has 1 saturated carbocycles. The molecule has 0 aromatic heterocycles. The molecule has 0 spiro atoms. The molecule has 7 heteroatoms. The summed E-state index contributed by atoms with van der Waals surface area (Å²) >= 11 is 0. The number of halogens is 6. The van der Waals surface area contributed by atoms with Crippen LogP contribution in [0.25, 0.3) is 10.8 Å². The van der Waals surface area contributed by atoms with Gasteiger partial charge in [-0.1, -0.05) is 36.4 Å². The Hall–Kier alpha value is -2.96. The smallest absolute Gasteiger partial charge is 0.399 e. The van der Waals surface area contributed by atoms with Crippen LogP contribution in [0.1, 0.15) is 48.8 Å². The summed E-state index contributed by atoms with van der Waals surface area (Å²) in [5, 5.41) is 1.25. The molecule has 0 unspecified atom stereocenters. The Kier molecular flexibility index (Phi) is 7.96. The molecule has 0 amide bonds. The summed E-state index contributed by atoms with van der Waals surface area (Å²) in [5.74, 6) is -3.46. The zero-order valence-corrected chi connectivity index (χ0v) is 19.8. The first-order valence-electron chi connectivity index (χ1n) is 12.2. The van der Waals surface area contributed by atoms with Gasteiger partial charge >= 0.3 is 6.36 Å². The second-order valence-corrected chi connectivity index (χ2v) is 9.59. The number of hydrogen-bond acceptors (Lipinski definition) is 1. The normalized spacial score (nSPS) is 18.4. The van der Waals surface area contributed by atoms with Crippen LogP contribution in [-0.2, 0) is 19.3 Å². The first-order chi connectivity index (χ1) is 17.1. The summed E-state index contributed by atoms with van der Waals surface area (Å²) in [5.41, 5.74) is 1.63.